The zero-order chi connectivity index (χ0) is 20.4. The van der Waals surface area contributed by atoms with Crippen LogP contribution in [0.25, 0.3) is 10.8 Å². The average Bonchev–Trinajstić information content (AvgIpc) is 3.12. The molecule has 29 heavy (non-hydrogen) atoms. The molecule has 5 nitrogen and oxygen atoms in total. The molecule has 3 aromatic rings. The normalized spacial score (nSPS) is 14.0. The van der Waals surface area contributed by atoms with Crippen LogP contribution in [0.3, 0.4) is 0 Å². The van der Waals surface area contributed by atoms with Gasteiger partial charge in [-0.1, -0.05) is 42.5 Å². The number of aliphatic hydroxyl groups excluding tert-OH is 1. The molecule has 5 heteroatoms. The molecule has 0 fully saturated rings. The van der Waals surface area contributed by atoms with Gasteiger partial charge in [0.25, 0.3) is 5.91 Å². The van der Waals surface area contributed by atoms with E-state index in [0.29, 0.717) is 17.9 Å². The number of hydrogen-bond donors (Lipinski definition) is 2. The van der Waals surface area contributed by atoms with Crippen molar-refractivity contribution in [2.24, 2.45) is 0 Å². The highest BCUT2D eigenvalue weighted by atomic mass is 16.5. The number of carbonyl (C=O) groups excluding carboxylic acids is 1. The number of rotatable bonds is 6. The maximum atomic E-state index is 13.0. The van der Waals surface area contributed by atoms with Crippen molar-refractivity contribution in [3.05, 3.63) is 71.3 Å². The fraction of sp³-hybridized carbons (Fsp3) is 0.292. The number of nitrogens with one attached hydrogen (secondary N) is 1. The molecule has 4 rings (SSSR count). The highest BCUT2D eigenvalue weighted by Crippen LogP contribution is 2.30. The molecule has 1 amide bonds. The van der Waals surface area contributed by atoms with Crippen LogP contribution < -0.4 is 15.0 Å². The second-order valence-electron chi connectivity index (χ2n) is 7.38. The molecule has 2 N–H and O–H groups in total. The van der Waals surface area contributed by atoms with Crippen LogP contribution >= 0.6 is 0 Å². The first-order chi connectivity index (χ1) is 14.1. The van der Waals surface area contributed by atoms with E-state index in [1.54, 1.807) is 0 Å². The summed E-state index contributed by atoms with van der Waals surface area (Å²) in [7, 11) is 2.07. The summed E-state index contributed by atoms with van der Waals surface area (Å²) < 4.78 is 5.69. The Morgan fingerprint density at radius 1 is 1.21 bits per heavy atom. The first-order valence-corrected chi connectivity index (χ1v) is 10.0. The number of hydrogen-bond acceptors (Lipinski definition) is 4. The maximum Gasteiger partial charge on any atom is 0.255 e. The lowest BCUT2D eigenvalue weighted by atomic mass is 10.0. The fourth-order valence-electron chi connectivity index (χ4n) is 3.95. The molecule has 0 saturated heterocycles. The molecule has 0 aliphatic carbocycles. The number of nitrogens with zero attached hydrogens (tertiary/aromatic N) is 1. The molecule has 0 bridgehead atoms. The van der Waals surface area contributed by atoms with Gasteiger partial charge in [-0.25, -0.2) is 0 Å². The molecule has 1 aliphatic heterocycles. The topological polar surface area (TPSA) is 61.8 Å². The minimum absolute atomic E-state index is 0.141. The lowest BCUT2D eigenvalue weighted by molar-refractivity contribution is 0.0914. The maximum absolute atomic E-state index is 13.0. The van der Waals surface area contributed by atoms with Gasteiger partial charge in [-0.05, 0) is 47.4 Å². The van der Waals surface area contributed by atoms with Crippen molar-refractivity contribution in [1.82, 2.24) is 5.32 Å². The van der Waals surface area contributed by atoms with E-state index in [4.69, 9.17) is 4.74 Å². The third-order valence-electron chi connectivity index (χ3n) is 5.49. The Kier molecular flexibility index (Phi) is 5.41. The van der Waals surface area contributed by atoms with E-state index in [0.717, 1.165) is 29.3 Å². The molecular weight excluding hydrogens is 364 g/mol. The van der Waals surface area contributed by atoms with Crippen molar-refractivity contribution in [3.63, 3.8) is 0 Å². The van der Waals surface area contributed by atoms with Crippen LogP contribution in [0, 0.1) is 0 Å². The second kappa shape index (κ2) is 8.13. The van der Waals surface area contributed by atoms with Crippen LogP contribution in [0.1, 0.15) is 34.5 Å². The molecule has 1 heterocycles. The SMILES string of the molecule is CCOc1ccc2ccccc2c1C(=O)NCC(O)c1ccc2c(c1)CCN2C. The van der Waals surface area contributed by atoms with Gasteiger partial charge < -0.3 is 20.1 Å². The Bertz CT molecular complexity index is 1050. The van der Waals surface area contributed by atoms with E-state index < -0.39 is 6.10 Å². The summed E-state index contributed by atoms with van der Waals surface area (Å²) in [4.78, 5) is 15.2. The Hall–Kier alpha value is -3.05. The van der Waals surface area contributed by atoms with Crippen LogP contribution in [0.15, 0.2) is 54.6 Å². The highest BCUT2D eigenvalue weighted by molar-refractivity contribution is 6.09. The molecule has 0 aromatic heterocycles. The first kappa shape index (κ1) is 19.3. The molecule has 0 radical (unpaired) electrons. The van der Waals surface area contributed by atoms with Gasteiger partial charge in [0, 0.05) is 25.8 Å². The van der Waals surface area contributed by atoms with E-state index in [-0.39, 0.29) is 12.5 Å². The van der Waals surface area contributed by atoms with Crippen LogP contribution in [-0.4, -0.2) is 37.8 Å². The standard InChI is InChI=1S/C24H26N2O3/c1-3-29-22-11-9-16-6-4-5-7-19(16)23(22)24(28)25-15-21(27)18-8-10-20-17(14-18)12-13-26(20)2/h4-11,14,21,27H,3,12-13,15H2,1-2H3,(H,25,28). The van der Waals surface area contributed by atoms with Crippen molar-refractivity contribution in [2.75, 3.05) is 31.6 Å². The Balaban J connectivity index is 1.53. The van der Waals surface area contributed by atoms with Gasteiger partial charge in [0.2, 0.25) is 0 Å². The number of aliphatic hydroxyl groups is 1. The van der Waals surface area contributed by atoms with Gasteiger partial charge >= 0.3 is 0 Å². The quantitative estimate of drug-likeness (QED) is 0.674. The summed E-state index contributed by atoms with van der Waals surface area (Å²) in [5.74, 6) is 0.309. The molecule has 0 saturated carbocycles. The number of carbonyl (C=O) groups is 1. The molecule has 150 valence electrons. The average molecular weight is 390 g/mol. The third-order valence-corrected chi connectivity index (χ3v) is 5.49. The van der Waals surface area contributed by atoms with Gasteiger partial charge in [0.1, 0.15) is 5.75 Å². The summed E-state index contributed by atoms with van der Waals surface area (Å²) in [6.07, 6.45) is 0.215. The lowest BCUT2D eigenvalue weighted by Crippen LogP contribution is -2.29. The summed E-state index contributed by atoms with van der Waals surface area (Å²) in [6.45, 7) is 3.51. The van der Waals surface area contributed by atoms with E-state index >= 15 is 0 Å². The highest BCUT2D eigenvalue weighted by Gasteiger charge is 2.20. The van der Waals surface area contributed by atoms with Crippen LogP contribution in [0.2, 0.25) is 0 Å². The predicted octanol–water partition coefficient (Wildman–Crippen LogP) is 3.69. The lowest BCUT2D eigenvalue weighted by Gasteiger charge is -2.17. The van der Waals surface area contributed by atoms with Crippen molar-refractivity contribution in [1.29, 1.82) is 0 Å². The van der Waals surface area contributed by atoms with Crippen molar-refractivity contribution < 1.29 is 14.6 Å². The summed E-state index contributed by atoms with van der Waals surface area (Å²) >= 11 is 0. The van der Waals surface area contributed by atoms with Gasteiger partial charge in [-0.15, -0.1) is 0 Å². The molecule has 3 aromatic carbocycles. The smallest absolute Gasteiger partial charge is 0.255 e. The predicted molar refractivity (Wildman–Crippen MR) is 116 cm³/mol. The van der Waals surface area contributed by atoms with Crippen LogP contribution in [0.5, 0.6) is 5.75 Å². The van der Waals surface area contributed by atoms with Crippen molar-refractivity contribution in [2.45, 2.75) is 19.4 Å². The Labute approximate surface area is 170 Å². The molecule has 1 aliphatic rings. The monoisotopic (exact) mass is 390 g/mol. The number of amides is 1. The Morgan fingerprint density at radius 3 is 2.86 bits per heavy atom. The summed E-state index contributed by atoms with van der Waals surface area (Å²) in [5.41, 5.74) is 3.78. The van der Waals surface area contributed by atoms with Crippen LogP contribution in [-0.2, 0) is 6.42 Å². The molecule has 1 unspecified atom stereocenters. The largest absolute Gasteiger partial charge is 0.493 e. The number of ether oxygens (including phenoxy) is 1. The van der Waals surface area contributed by atoms with E-state index in [9.17, 15) is 9.90 Å². The summed E-state index contributed by atoms with van der Waals surface area (Å²) in [5, 5.41) is 15.3. The minimum atomic E-state index is -0.763. The van der Waals surface area contributed by atoms with E-state index in [2.05, 4.69) is 17.3 Å². The third kappa shape index (κ3) is 3.78. The number of benzene rings is 3. The summed E-state index contributed by atoms with van der Waals surface area (Å²) in [6, 6.07) is 17.5. The molecular formula is C24H26N2O3. The van der Waals surface area contributed by atoms with Crippen LogP contribution in [0.4, 0.5) is 5.69 Å². The number of fused-ring (bicyclic) bond motifs is 2. The second-order valence-corrected chi connectivity index (χ2v) is 7.38. The molecule has 0 spiro atoms. The van der Waals surface area contributed by atoms with Gasteiger partial charge in [0.15, 0.2) is 0 Å². The van der Waals surface area contributed by atoms with E-state index in [1.165, 1.54) is 11.3 Å². The molecule has 1 atom stereocenters. The zero-order valence-electron chi connectivity index (χ0n) is 16.8. The van der Waals surface area contributed by atoms with Crippen molar-refractivity contribution >= 4 is 22.4 Å². The fourth-order valence-corrected chi connectivity index (χ4v) is 3.95. The number of likely N-dealkylation sites (N-methyl/N-ethyl adjacent to an activating group) is 1. The number of anilines is 1. The Morgan fingerprint density at radius 2 is 2.03 bits per heavy atom. The van der Waals surface area contributed by atoms with Gasteiger partial charge in [0.05, 0.1) is 18.3 Å². The van der Waals surface area contributed by atoms with Gasteiger partial charge in [-0.2, -0.15) is 0 Å². The minimum Gasteiger partial charge on any atom is -0.493 e. The van der Waals surface area contributed by atoms with Crippen molar-refractivity contribution in [3.8, 4) is 5.75 Å². The van der Waals surface area contributed by atoms with E-state index in [1.807, 2.05) is 61.5 Å². The van der Waals surface area contributed by atoms with Gasteiger partial charge in [-0.3, -0.25) is 4.79 Å². The zero-order valence-corrected chi connectivity index (χ0v) is 16.8. The first-order valence-electron chi connectivity index (χ1n) is 10.0.